The average molecular weight is 241 g/mol. The van der Waals surface area contributed by atoms with E-state index >= 15 is 0 Å². The molecule has 0 atom stereocenters. The van der Waals surface area contributed by atoms with Gasteiger partial charge in [0.1, 0.15) is 0 Å². The third kappa shape index (κ3) is 10.1. The molecule has 0 unspecified atom stereocenters. The molecule has 0 heterocycles. The molecule has 0 saturated heterocycles. The maximum Gasteiger partial charge on any atom is 0.320 e. The highest BCUT2D eigenvalue weighted by Gasteiger charge is 2.09. The van der Waals surface area contributed by atoms with E-state index in [1.165, 1.54) is 12.8 Å². The molecule has 3 heteroatoms. The molecule has 0 aromatic rings. The highest BCUT2D eigenvalue weighted by molar-refractivity contribution is 5.71. The van der Waals surface area contributed by atoms with Crippen molar-refractivity contribution in [3.05, 3.63) is 12.7 Å². The van der Waals surface area contributed by atoms with Gasteiger partial charge < -0.3 is 4.74 Å². The van der Waals surface area contributed by atoms with E-state index in [-0.39, 0.29) is 5.97 Å². The molecule has 3 nitrogen and oxygen atoms in total. The quantitative estimate of drug-likeness (QED) is 0.316. The van der Waals surface area contributed by atoms with Crippen molar-refractivity contribution >= 4 is 5.97 Å². The summed E-state index contributed by atoms with van der Waals surface area (Å²) in [5.74, 6) is -0.105. The molecule has 100 valence electrons. The monoisotopic (exact) mass is 241 g/mol. The van der Waals surface area contributed by atoms with Gasteiger partial charge in [0.05, 0.1) is 13.2 Å². The van der Waals surface area contributed by atoms with Gasteiger partial charge in [0.25, 0.3) is 0 Å². The maximum atomic E-state index is 11.4. The van der Waals surface area contributed by atoms with Crippen LogP contribution in [0.3, 0.4) is 0 Å². The Bertz CT molecular complexity index is 204. The number of rotatable bonds is 11. The highest BCUT2D eigenvalue weighted by atomic mass is 16.5. The molecule has 0 radical (unpaired) electrons. The molecule has 0 fully saturated rings. The zero-order chi connectivity index (χ0) is 12.9. The van der Waals surface area contributed by atoms with Gasteiger partial charge in [0.2, 0.25) is 0 Å². The SMILES string of the molecule is C=CCCCCCN(CCC)CC(=O)OCC. The van der Waals surface area contributed by atoms with E-state index in [2.05, 4.69) is 18.4 Å². The fourth-order valence-corrected chi connectivity index (χ4v) is 1.78. The predicted molar refractivity (Wildman–Crippen MR) is 72.0 cm³/mol. The number of nitrogens with zero attached hydrogens (tertiary/aromatic N) is 1. The lowest BCUT2D eigenvalue weighted by molar-refractivity contribution is -0.144. The van der Waals surface area contributed by atoms with Gasteiger partial charge in [-0.1, -0.05) is 19.4 Å². The number of allylic oxidation sites excluding steroid dienone is 1. The standard InChI is InChI=1S/C14H27NO2/c1-4-7-8-9-10-12-15(11-5-2)13-14(16)17-6-3/h4H,1,5-13H2,2-3H3. The molecular formula is C14H27NO2. The molecular weight excluding hydrogens is 214 g/mol. The number of esters is 1. The van der Waals surface area contributed by atoms with E-state index in [0.29, 0.717) is 13.2 Å². The third-order valence-electron chi connectivity index (χ3n) is 2.58. The molecule has 0 N–H and O–H groups in total. The summed E-state index contributed by atoms with van der Waals surface area (Å²) in [6.07, 6.45) is 7.67. The summed E-state index contributed by atoms with van der Waals surface area (Å²) in [6, 6.07) is 0. The first-order chi connectivity index (χ1) is 8.24. The first-order valence-electron chi connectivity index (χ1n) is 6.73. The number of hydrogen-bond donors (Lipinski definition) is 0. The summed E-state index contributed by atoms with van der Waals surface area (Å²) in [7, 11) is 0. The largest absolute Gasteiger partial charge is 0.465 e. The Morgan fingerprint density at radius 1 is 1.24 bits per heavy atom. The van der Waals surface area contributed by atoms with Gasteiger partial charge >= 0.3 is 5.97 Å². The Balaban J connectivity index is 3.73. The van der Waals surface area contributed by atoms with Gasteiger partial charge in [-0.3, -0.25) is 9.69 Å². The summed E-state index contributed by atoms with van der Waals surface area (Å²) >= 11 is 0. The van der Waals surface area contributed by atoms with Gasteiger partial charge in [-0.15, -0.1) is 6.58 Å². The van der Waals surface area contributed by atoms with E-state index < -0.39 is 0 Å². The fraction of sp³-hybridized carbons (Fsp3) is 0.786. The van der Waals surface area contributed by atoms with Crippen molar-refractivity contribution in [2.45, 2.75) is 46.0 Å². The van der Waals surface area contributed by atoms with Crippen LogP contribution in [0.5, 0.6) is 0 Å². The normalized spacial score (nSPS) is 10.5. The van der Waals surface area contributed by atoms with Crippen molar-refractivity contribution < 1.29 is 9.53 Å². The first-order valence-corrected chi connectivity index (χ1v) is 6.73. The number of unbranched alkanes of at least 4 members (excludes halogenated alkanes) is 3. The second-order valence-corrected chi connectivity index (χ2v) is 4.22. The second-order valence-electron chi connectivity index (χ2n) is 4.22. The van der Waals surface area contributed by atoms with E-state index in [0.717, 1.165) is 32.4 Å². The number of carbonyl (C=O) groups is 1. The number of hydrogen-bond acceptors (Lipinski definition) is 3. The summed E-state index contributed by atoms with van der Waals surface area (Å²) < 4.78 is 4.97. The lowest BCUT2D eigenvalue weighted by Crippen LogP contribution is -2.32. The molecule has 17 heavy (non-hydrogen) atoms. The molecule has 0 aliphatic rings. The molecule has 0 aromatic carbocycles. The topological polar surface area (TPSA) is 29.5 Å². The first kappa shape index (κ1) is 16.2. The van der Waals surface area contributed by atoms with E-state index in [1.54, 1.807) is 0 Å². The minimum atomic E-state index is -0.105. The van der Waals surface area contributed by atoms with Gasteiger partial charge in [-0.05, 0) is 45.7 Å². The van der Waals surface area contributed by atoms with Crippen molar-refractivity contribution in [2.75, 3.05) is 26.2 Å². The van der Waals surface area contributed by atoms with Crippen LogP contribution in [0.2, 0.25) is 0 Å². The lowest BCUT2D eigenvalue weighted by atomic mass is 10.2. The van der Waals surface area contributed by atoms with Crippen LogP contribution < -0.4 is 0 Å². The van der Waals surface area contributed by atoms with Crippen LogP contribution >= 0.6 is 0 Å². The predicted octanol–water partition coefficient (Wildman–Crippen LogP) is 3.01. The second kappa shape index (κ2) is 11.6. The third-order valence-corrected chi connectivity index (χ3v) is 2.58. The van der Waals surface area contributed by atoms with Crippen molar-refractivity contribution in [3.63, 3.8) is 0 Å². The van der Waals surface area contributed by atoms with Gasteiger partial charge in [-0.25, -0.2) is 0 Å². The average Bonchev–Trinajstić information content (AvgIpc) is 2.29. The summed E-state index contributed by atoms with van der Waals surface area (Å²) in [5, 5.41) is 0. The Kier molecular flexibility index (Phi) is 11.1. The van der Waals surface area contributed by atoms with E-state index in [4.69, 9.17) is 4.74 Å². The van der Waals surface area contributed by atoms with Crippen molar-refractivity contribution in [3.8, 4) is 0 Å². The molecule has 0 aliphatic carbocycles. The zero-order valence-electron chi connectivity index (χ0n) is 11.4. The van der Waals surface area contributed by atoms with Gasteiger partial charge in [0, 0.05) is 0 Å². The maximum absolute atomic E-state index is 11.4. The zero-order valence-corrected chi connectivity index (χ0v) is 11.4. The van der Waals surface area contributed by atoms with Crippen LogP contribution in [0.1, 0.15) is 46.0 Å². The van der Waals surface area contributed by atoms with Crippen LogP contribution in [-0.2, 0) is 9.53 Å². The molecule has 0 amide bonds. The Morgan fingerprint density at radius 3 is 2.59 bits per heavy atom. The molecule has 0 aliphatic heterocycles. The molecule has 0 rings (SSSR count). The lowest BCUT2D eigenvalue weighted by Gasteiger charge is -2.20. The Labute approximate surface area is 106 Å². The fourth-order valence-electron chi connectivity index (χ4n) is 1.78. The summed E-state index contributed by atoms with van der Waals surface area (Å²) in [5.41, 5.74) is 0. The minimum Gasteiger partial charge on any atom is -0.465 e. The van der Waals surface area contributed by atoms with E-state index in [9.17, 15) is 4.79 Å². The molecule has 0 saturated carbocycles. The highest BCUT2D eigenvalue weighted by Crippen LogP contribution is 2.03. The Hall–Kier alpha value is -0.830. The summed E-state index contributed by atoms with van der Waals surface area (Å²) in [4.78, 5) is 13.6. The van der Waals surface area contributed by atoms with E-state index in [1.807, 2.05) is 13.0 Å². The van der Waals surface area contributed by atoms with Gasteiger partial charge in [0.15, 0.2) is 0 Å². The van der Waals surface area contributed by atoms with Crippen LogP contribution in [-0.4, -0.2) is 37.1 Å². The van der Waals surface area contributed by atoms with Crippen molar-refractivity contribution in [1.82, 2.24) is 4.90 Å². The molecule has 0 spiro atoms. The molecule has 0 aromatic heterocycles. The van der Waals surface area contributed by atoms with Crippen molar-refractivity contribution in [2.24, 2.45) is 0 Å². The summed E-state index contributed by atoms with van der Waals surface area (Å²) in [6.45, 7) is 10.6. The number of carbonyl (C=O) groups excluding carboxylic acids is 1. The molecule has 0 bridgehead atoms. The van der Waals surface area contributed by atoms with Gasteiger partial charge in [-0.2, -0.15) is 0 Å². The van der Waals surface area contributed by atoms with Crippen LogP contribution in [0.25, 0.3) is 0 Å². The Morgan fingerprint density at radius 2 is 2.00 bits per heavy atom. The van der Waals surface area contributed by atoms with Crippen molar-refractivity contribution in [1.29, 1.82) is 0 Å². The van der Waals surface area contributed by atoms with Crippen LogP contribution in [0, 0.1) is 0 Å². The van der Waals surface area contributed by atoms with Crippen LogP contribution in [0.4, 0.5) is 0 Å². The smallest absolute Gasteiger partial charge is 0.320 e. The minimum absolute atomic E-state index is 0.105. The van der Waals surface area contributed by atoms with Crippen LogP contribution in [0.15, 0.2) is 12.7 Å². The number of ether oxygens (including phenoxy) is 1.